The number of hydrogen-bond acceptors (Lipinski definition) is 4. The van der Waals surface area contributed by atoms with Crippen LogP contribution in [0.2, 0.25) is 0 Å². The van der Waals surface area contributed by atoms with Crippen molar-refractivity contribution in [3.8, 4) is 0 Å². The molecule has 124 valence electrons. The molecule has 2 aromatic carbocycles. The van der Waals surface area contributed by atoms with Crippen molar-refractivity contribution in [3.63, 3.8) is 0 Å². The third-order valence-electron chi connectivity index (χ3n) is 3.66. The van der Waals surface area contributed by atoms with Gasteiger partial charge >= 0.3 is 0 Å². The number of fused-ring (bicyclic) bond motifs is 1. The van der Waals surface area contributed by atoms with Crippen molar-refractivity contribution in [1.29, 1.82) is 0 Å². The minimum absolute atomic E-state index is 0.0519. The second-order valence-electron chi connectivity index (χ2n) is 5.15. The van der Waals surface area contributed by atoms with E-state index in [0.29, 0.717) is 5.69 Å². The standard InChI is InChI=1S/C16H13BrN2O4S/c1-2-19-16(21)13-8-3-10(9-14(13)24(19,22)23)15(20)18-12-6-4-11(17)5-7-12/h3-9H,2H2,1H3,(H,18,20). The molecule has 0 aromatic heterocycles. The van der Waals surface area contributed by atoms with Gasteiger partial charge in [-0.05, 0) is 49.4 Å². The highest BCUT2D eigenvalue weighted by Gasteiger charge is 2.40. The van der Waals surface area contributed by atoms with Crippen LogP contribution in [-0.2, 0) is 10.0 Å². The summed E-state index contributed by atoms with van der Waals surface area (Å²) in [5.74, 6) is -1.01. The Kier molecular flexibility index (Phi) is 4.18. The SMILES string of the molecule is CCN1C(=O)c2ccc(C(=O)Nc3ccc(Br)cc3)cc2S1(=O)=O. The van der Waals surface area contributed by atoms with Gasteiger partial charge in [0, 0.05) is 22.3 Å². The van der Waals surface area contributed by atoms with Gasteiger partial charge in [0.15, 0.2) is 0 Å². The van der Waals surface area contributed by atoms with Crippen LogP contribution in [0.1, 0.15) is 27.6 Å². The van der Waals surface area contributed by atoms with E-state index in [2.05, 4.69) is 21.2 Å². The van der Waals surface area contributed by atoms with Crippen LogP contribution in [0.15, 0.2) is 51.8 Å². The molecule has 6 nitrogen and oxygen atoms in total. The van der Waals surface area contributed by atoms with Gasteiger partial charge in [0.1, 0.15) is 4.90 Å². The molecule has 1 aliphatic rings. The van der Waals surface area contributed by atoms with Crippen LogP contribution in [0.25, 0.3) is 0 Å². The molecule has 0 aliphatic carbocycles. The van der Waals surface area contributed by atoms with Gasteiger partial charge in [-0.3, -0.25) is 9.59 Å². The number of amides is 2. The first-order chi connectivity index (χ1) is 11.3. The van der Waals surface area contributed by atoms with Gasteiger partial charge in [0.25, 0.3) is 21.8 Å². The van der Waals surface area contributed by atoms with Crippen LogP contribution in [-0.4, -0.2) is 31.1 Å². The fourth-order valence-corrected chi connectivity index (χ4v) is 4.33. The summed E-state index contributed by atoms with van der Waals surface area (Å²) >= 11 is 3.30. The lowest BCUT2D eigenvalue weighted by Crippen LogP contribution is -2.29. The zero-order chi connectivity index (χ0) is 17.5. The molecule has 0 saturated carbocycles. The minimum atomic E-state index is -3.88. The van der Waals surface area contributed by atoms with E-state index in [1.54, 1.807) is 31.2 Å². The number of nitrogens with zero attached hydrogens (tertiary/aromatic N) is 1. The zero-order valence-electron chi connectivity index (χ0n) is 12.6. The Labute approximate surface area is 147 Å². The molecule has 0 radical (unpaired) electrons. The normalized spacial score (nSPS) is 15.2. The number of carbonyl (C=O) groups excluding carboxylic acids is 2. The largest absolute Gasteiger partial charge is 0.322 e. The van der Waals surface area contributed by atoms with Crippen molar-refractivity contribution in [3.05, 3.63) is 58.1 Å². The first kappa shape index (κ1) is 16.7. The average molecular weight is 409 g/mol. The van der Waals surface area contributed by atoms with Gasteiger partial charge in [-0.2, -0.15) is 0 Å². The summed E-state index contributed by atoms with van der Waals surface area (Å²) in [7, 11) is -3.88. The Morgan fingerprint density at radius 3 is 2.46 bits per heavy atom. The van der Waals surface area contributed by atoms with Gasteiger partial charge in [-0.1, -0.05) is 15.9 Å². The van der Waals surface area contributed by atoms with Gasteiger partial charge in [0.05, 0.1) is 5.56 Å². The van der Waals surface area contributed by atoms with Crippen molar-refractivity contribution >= 4 is 43.5 Å². The third kappa shape index (κ3) is 2.71. The number of nitrogens with one attached hydrogen (secondary N) is 1. The predicted octanol–water partition coefficient (Wildman–Crippen LogP) is 2.87. The maximum Gasteiger partial charge on any atom is 0.268 e. The highest BCUT2D eigenvalue weighted by atomic mass is 79.9. The molecular formula is C16H13BrN2O4S. The zero-order valence-corrected chi connectivity index (χ0v) is 15.0. The van der Waals surface area contributed by atoms with E-state index in [4.69, 9.17) is 0 Å². The molecule has 2 aromatic rings. The topological polar surface area (TPSA) is 83.6 Å². The monoisotopic (exact) mass is 408 g/mol. The summed E-state index contributed by atoms with van der Waals surface area (Å²) < 4.78 is 26.4. The summed E-state index contributed by atoms with van der Waals surface area (Å²) in [5, 5.41) is 2.69. The molecule has 0 fully saturated rings. The Morgan fingerprint density at radius 2 is 1.83 bits per heavy atom. The molecule has 1 heterocycles. The molecule has 8 heteroatoms. The molecule has 0 atom stereocenters. The van der Waals surface area contributed by atoms with Crippen LogP contribution in [0, 0.1) is 0 Å². The molecule has 24 heavy (non-hydrogen) atoms. The number of benzene rings is 2. The number of hydrogen-bond donors (Lipinski definition) is 1. The van der Waals surface area contributed by atoms with E-state index >= 15 is 0 Å². The molecule has 1 N–H and O–H groups in total. The second-order valence-corrected chi connectivity index (χ2v) is 7.89. The first-order valence-corrected chi connectivity index (χ1v) is 9.36. The average Bonchev–Trinajstić information content (AvgIpc) is 2.75. The van der Waals surface area contributed by atoms with E-state index in [0.717, 1.165) is 8.78 Å². The summed E-state index contributed by atoms with van der Waals surface area (Å²) in [6.45, 7) is 1.64. The van der Waals surface area contributed by atoms with Gasteiger partial charge in [-0.25, -0.2) is 12.7 Å². The summed E-state index contributed by atoms with van der Waals surface area (Å²) in [6.07, 6.45) is 0. The minimum Gasteiger partial charge on any atom is -0.322 e. The lowest BCUT2D eigenvalue weighted by Gasteiger charge is -2.11. The molecule has 0 spiro atoms. The van der Waals surface area contributed by atoms with Crippen molar-refractivity contribution < 1.29 is 18.0 Å². The maximum absolute atomic E-state index is 12.4. The highest BCUT2D eigenvalue weighted by Crippen LogP contribution is 2.31. The first-order valence-electron chi connectivity index (χ1n) is 7.12. The van der Waals surface area contributed by atoms with E-state index in [1.165, 1.54) is 18.2 Å². The Balaban J connectivity index is 1.94. The number of anilines is 1. The Bertz CT molecular complexity index is 939. The molecule has 2 amide bonds. The Morgan fingerprint density at radius 1 is 1.17 bits per heavy atom. The second kappa shape index (κ2) is 6.03. The van der Waals surface area contributed by atoms with Crippen LogP contribution in [0.4, 0.5) is 5.69 Å². The van der Waals surface area contributed by atoms with Gasteiger partial charge in [0.2, 0.25) is 0 Å². The Hall–Kier alpha value is -2.19. The fraction of sp³-hybridized carbons (Fsp3) is 0.125. The van der Waals surface area contributed by atoms with Crippen LogP contribution >= 0.6 is 15.9 Å². The van der Waals surface area contributed by atoms with E-state index in [1.807, 2.05) is 0 Å². The van der Waals surface area contributed by atoms with E-state index < -0.39 is 21.8 Å². The summed E-state index contributed by atoms with van der Waals surface area (Å²) in [4.78, 5) is 24.3. The van der Waals surface area contributed by atoms with Gasteiger partial charge < -0.3 is 5.32 Å². The number of carbonyl (C=O) groups is 2. The van der Waals surface area contributed by atoms with Crippen LogP contribution < -0.4 is 5.32 Å². The number of sulfonamides is 1. The summed E-state index contributed by atoms with van der Waals surface area (Å²) in [6, 6.07) is 11.1. The predicted molar refractivity (Wildman–Crippen MR) is 92.4 cm³/mol. The fourth-order valence-electron chi connectivity index (χ4n) is 2.47. The van der Waals surface area contributed by atoms with Crippen LogP contribution in [0.3, 0.4) is 0 Å². The van der Waals surface area contributed by atoms with Crippen LogP contribution in [0.5, 0.6) is 0 Å². The van der Waals surface area contributed by atoms with Crippen molar-refractivity contribution in [1.82, 2.24) is 4.31 Å². The summed E-state index contributed by atoms with van der Waals surface area (Å²) in [5.41, 5.74) is 0.848. The molecule has 0 bridgehead atoms. The molecule has 1 aliphatic heterocycles. The third-order valence-corrected chi connectivity index (χ3v) is 6.08. The molecule has 0 saturated heterocycles. The maximum atomic E-state index is 12.4. The lowest BCUT2D eigenvalue weighted by molar-refractivity contribution is 0.0875. The smallest absolute Gasteiger partial charge is 0.268 e. The van der Waals surface area contributed by atoms with E-state index in [-0.39, 0.29) is 22.6 Å². The lowest BCUT2D eigenvalue weighted by atomic mass is 10.1. The molecule has 0 unspecified atom stereocenters. The number of rotatable bonds is 3. The highest BCUT2D eigenvalue weighted by molar-refractivity contribution is 9.10. The molecular weight excluding hydrogens is 396 g/mol. The van der Waals surface area contributed by atoms with Crippen molar-refractivity contribution in [2.45, 2.75) is 11.8 Å². The quantitative estimate of drug-likeness (QED) is 0.845. The van der Waals surface area contributed by atoms with Gasteiger partial charge in [-0.15, -0.1) is 0 Å². The van der Waals surface area contributed by atoms with Crippen molar-refractivity contribution in [2.24, 2.45) is 0 Å². The van der Waals surface area contributed by atoms with E-state index in [9.17, 15) is 18.0 Å². The van der Waals surface area contributed by atoms with Crippen molar-refractivity contribution in [2.75, 3.05) is 11.9 Å². The molecule has 3 rings (SSSR count). The number of halogens is 1.